The molecule has 1 aromatic rings. The Labute approximate surface area is 164 Å². The minimum Gasteiger partial charge on any atom is -0.492 e. The first-order chi connectivity index (χ1) is 13.0. The standard InChI is InChI=1S/C22H36N2O3/c1-5-16-27-22(4,6-2)21(25)23-19-7-9-20(10-8-19)26-17-15-24-13-11-18(3)12-14-24/h7-10,18H,5-6,11-17H2,1-4H3,(H,23,25)/t22-/m1/s1. The molecule has 1 fully saturated rings. The zero-order chi connectivity index (χ0) is 19.7. The zero-order valence-corrected chi connectivity index (χ0v) is 17.4. The molecule has 5 heteroatoms. The molecule has 1 N–H and O–H groups in total. The van der Waals surface area contributed by atoms with E-state index in [1.54, 1.807) is 0 Å². The summed E-state index contributed by atoms with van der Waals surface area (Å²) in [4.78, 5) is 15.0. The van der Waals surface area contributed by atoms with Crippen molar-refractivity contribution in [1.29, 1.82) is 0 Å². The maximum Gasteiger partial charge on any atom is 0.256 e. The van der Waals surface area contributed by atoms with E-state index in [2.05, 4.69) is 17.1 Å². The van der Waals surface area contributed by atoms with Gasteiger partial charge in [-0.1, -0.05) is 20.8 Å². The molecule has 0 radical (unpaired) electrons. The smallest absolute Gasteiger partial charge is 0.256 e. The number of likely N-dealkylation sites (tertiary alicyclic amines) is 1. The molecular weight excluding hydrogens is 340 g/mol. The van der Waals surface area contributed by atoms with Crippen LogP contribution in [0.25, 0.3) is 0 Å². The van der Waals surface area contributed by atoms with Gasteiger partial charge >= 0.3 is 0 Å². The van der Waals surface area contributed by atoms with E-state index in [9.17, 15) is 4.79 Å². The SMILES string of the molecule is CCCO[C@](C)(CC)C(=O)Nc1ccc(OCCN2CCC(C)CC2)cc1. The van der Waals surface area contributed by atoms with E-state index < -0.39 is 5.60 Å². The van der Waals surface area contributed by atoms with Crippen LogP contribution in [0.1, 0.15) is 53.4 Å². The minimum atomic E-state index is -0.795. The van der Waals surface area contributed by atoms with Gasteiger partial charge in [0.15, 0.2) is 0 Å². The van der Waals surface area contributed by atoms with Gasteiger partial charge in [0.1, 0.15) is 18.0 Å². The molecule has 0 saturated carbocycles. The summed E-state index contributed by atoms with van der Waals surface area (Å²) in [5, 5.41) is 2.95. The molecular formula is C22H36N2O3. The van der Waals surface area contributed by atoms with Crippen molar-refractivity contribution in [3.8, 4) is 5.75 Å². The second-order valence-electron chi connectivity index (χ2n) is 7.78. The first kappa shape index (κ1) is 21.7. The number of nitrogens with one attached hydrogen (secondary N) is 1. The van der Waals surface area contributed by atoms with Gasteiger partial charge in [-0.15, -0.1) is 0 Å². The maximum atomic E-state index is 12.6. The number of ether oxygens (including phenoxy) is 2. The zero-order valence-electron chi connectivity index (χ0n) is 17.4. The minimum absolute atomic E-state index is 0.105. The van der Waals surface area contributed by atoms with E-state index in [-0.39, 0.29) is 5.91 Å². The molecule has 0 aromatic heterocycles. The van der Waals surface area contributed by atoms with E-state index in [1.165, 1.54) is 25.9 Å². The summed E-state index contributed by atoms with van der Waals surface area (Å²) in [5.74, 6) is 1.58. The first-order valence-corrected chi connectivity index (χ1v) is 10.4. The van der Waals surface area contributed by atoms with E-state index in [1.807, 2.05) is 45.0 Å². The number of hydrogen-bond acceptors (Lipinski definition) is 4. The summed E-state index contributed by atoms with van der Waals surface area (Å²) in [5.41, 5.74) is -0.0333. The molecule has 0 spiro atoms. The Balaban J connectivity index is 1.78. The van der Waals surface area contributed by atoms with Gasteiger partial charge in [0, 0.05) is 18.8 Å². The van der Waals surface area contributed by atoms with E-state index in [0.29, 0.717) is 19.6 Å². The lowest BCUT2D eigenvalue weighted by atomic mass is 9.99. The van der Waals surface area contributed by atoms with Crippen LogP contribution in [0.15, 0.2) is 24.3 Å². The summed E-state index contributed by atoms with van der Waals surface area (Å²) in [6, 6.07) is 7.57. The summed E-state index contributed by atoms with van der Waals surface area (Å²) >= 11 is 0. The van der Waals surface area contributed by atoms with Crippen molar-refractivity contribution < 1.29 is 14.3 Å². The van der Waals surface area contributed by atoms with Gasteiger partial charge in [-0.2, -0.15) is 0 Å². The fourth-order valence-electron chi connectivity index (χ4n) is 3.13. The van der Waals surface area contributed by atoms with Gasteiger partial charge in [-0.3, -0.25) is 9.69 Å². The molecule has 0 unspecified atom stereocenters. The highest BCUT2D eigenvalue weighted by Gasteiger charge is 2.32. The van der Waals surface area contributed by atoms with Crippen LogP contribution in [0.3, 0.4) is 0 Å². The summed E-state index contributed by atoms with van der Waals surface area (Å²) in [6.45, 7) is 12.8. The number of benzene rings is 1. The predicted molar refractivity (Wildman–Crippen MR) is 110 cm³/mol. The first-order valence-electron chi connectivity index (χ1n) is 10.4. The lowest BCUT2D eigenvalue weighted by Crippen LogP contribution is -2.42. The van der Waals surface area contributed by atoms with Crippen molar-refractivity contribution >= 4 is 11.6 Å². The molecule has 2 rings (SSSR count). The molecule has 1 aromatic carbocycles. The summed E-state index contributed by atoms with van der Waals surface area (Å²) in [7, 11) is 0. The number of carbonyl (C=O) groups is 1. The monoisotopic (exact) mass is 376 g/mol. The Hall–Kier alpha value is -1.59. The lowest BCUT2D eigenvalue weighted by molar-refractivity contribution is -0.139. The Kier molecular flexibility index (Phi) is 8.58. The number of carbonyl (C=O) groups excluding carboxylic acids is 1. The molecule has 1 amide bonds. The molecule has 1 aliphatic heterocycles. The van der Waals surface area contributed by atoms with E-state index in [4.69, 9.17) is 9.47 Å². The molecule has 1 heterocycles. The molecule has 1 atom stereocenters. The van der Waals surface area contributed by atoms with Crippen molar-refractivity contribution in [3.63, 3.8) is 0 Å². The number of anilines is 1. The molecule has 5 nitrogen and oxygen atoms in total. The second kappa shape index (κ2) is 10.7. The van der Waals surface area contributed by atoms with Crippen molar-refractivity contribution in [2.75, 3.05) is 38.2 Å². The highest BCUT2D eigenvalue weighted by Crippen LogP contribution is 2.21. The number of nitrogens with zero attached hydrogens (tertiary/aromatic N) is 1. The van der Waals surface area contributed by atoms with Crippen LogP contribution in [-0.4, -0.2) is 49.3 Å². The third-order valence-electron chi connectivity index (χ3n) is 5.44. The van der Waals surface area contributed by atoms with Crippen LogP contribution in [0.5, 0.6) is 5.75 Å². The van der Waals surface area contributed by atoms with Crippen molar-refractivity contribution in [3.05, 3.63) is 24.3 Å². The lowest BCUT2D eigenvalue weighted by Gasteiger charge is -2.29. The summed E-state index contributed by atoms with van der Waals surface area (Å²) < 4.78 is 11.6. The average molecular weight is 377 g/mol. The third-order valence-corrected chi connectivity index (χ3v) is 5.44. The number of hydrogen-bond donors (Lipinski definition) is 1. The van der Waals surface area contributed by atoms with Gasteiger partial charge in [-0.25, -0.2) is 0 Å². The van der Waals surface area contributed by atoms with Gasteiger partial charge in [0.2, 0.25) is 0 Å². The fraction of sp³-hybridized carbons (Fsp3) is 0.682. The average Bonchev–Trinajstić information content (AvgIpc) is 2.69. The third kappa shape index (κ3) is 6.82. The summed E-state index contributed by atoms with van der Waals surface area (Å²) in [6.07, 6.45) is 4.10. The Morgan fingerprint density at radius 1 is 1.19 bits per heavy atom. The van der Waals surface area contributed by atoms with Crippen LogP contribution in [0, 0.1) is 5.92 Å². The maximum absolute atomic E-state index is 12.6. The van der Waals surface area contributed by atoms with Crippen LogP contribution in [-0.2, 0) is 9.53 Å². The van der Waals surface area contributed by atoms with Crippen LogP contribution >= 0.6 is 0 Å². The quantitative estimate of drug-likeness (QED) is 0.660. The van der Waals surface area contributed by atoms with Crippen LogP contribution in [0.2, 0.25) is 0 Å². The Bertz CT molecular complexity index is 567. The van der Waals surface area contributed by atoms with Gasteiger partial charge in [-0.05, 0) is 75.9 Å². The molecule has 1 saturated heterocycles. The fourth-order valence-corrected chi connectivity index (χ4v) is 3.13. The van der Waals surface area contributed by atoms with E-state index >= 15 is 0 Å². The van der Waals surface area contributed by atoms with Crippen molar-refractivity contribution in [2.24, 2.45) is 5.92 Å². The number of amides is 1. The molecule has 1 aliphatic rings. The molecule has 0 bridgehead atoms. The van der Waals surface area contributed by atoms with Gasteiger partial charge < -0.3 is 14.8 Å². The predicted octanol–water partition coefficient (Wildman–Crippen LogP) is 4.33. The van der Waals surface area contributed by atoms with Crippen molar-refractivity contribution in [2.45, 2.75) is 59.0 Å². The number of piperidine rings is 1. The highest BCUT2D eigenvalue weighted by molar-refractivity contribution is 5.97. The highest BCUT2D eigenvalue weighted by atomic mass is 16.5. The normalized spacial score (nSPS) is 18.1. The second-order valence-corrected chi connectivity index (χ2v) is 7.78. The Morgan fingerprint density at radius 2 is 1.85 bits per heavy atom. The Morgan fingerprint density at radius 3 is 2.44 bits per heavy atom. The number of rotatable bonds is 10. The molecule has 0 aliphatic carbocycles. The van der Waals surface area contributed by atoms with Crippen molar-refractivity contribution in [1.82, 2.24) is 4.90 Å². The molecule has 27 heavy (non-hydrogen) atoms. The largest absolute Gasteiger partial charge is 0.492 e. The van der Waals surface area contributed by atoms with E-state index in [0.717, 1.165) is 30.3 Å². The molecule has 152 valence electrons. The van der Waals surface area contributed by atoms with Crippen LogP contribution < -0.4 is 10.1 Å². The van der Waals surface area contributed by atoms with Gasteiger partial charge in [0.05, 0.1) is 0 Å². The van der Waals surface area contributed by atoms with Gasteiger partial charge in [0.25, 0.3) is 5.91 Å². The van der Waals surface area contributed by atoms with Crippen LogP contribution in [0.4, 0.5) is 5.69 Å². The topological polar surface area (TPSA) is 50.8 Å².